The molecule has 0 bridgehead atoms. The van der Waals surface area contributed by atoms with Gasteiger partial charge >= 0.3 is 5.97 Å². The van der Waals surface area contributed by atoms with E-state index in [2.05, 4.69) is 0 Å². The molecule has 0 aliphatic rings. The number of hydrogen-bond acceptors (Lipinski definition) is 2. The molecule has 0 heterocycles. The summed E-state index contributed by atoms with van der Waals surface area (Å²) >= 11 is 0. The van der Waals surface area contributed by atoms with Gasteiger partial charge in [0.1, 0.15) is 5.16 Å². The predicted octanol–water partition coefficient (Wildman–Crippen LogP) is 1.69. The number of nitrogens with two attached hydrogens (primary N) is 1. The van der Waals surface area contributed by atoms with Gasteiger partial charge in [-0.3, -0.25) is 4.79 Å². The van der Waals surface area contributed by atoms with Crippen molar-refractivity contribution in [2.24, 2.45) is 11.7 Å². The van der Waals surface area contributed by atoms with Gasteiger partial charge < -0.3 is 10.8 Å². The quantitative estimate of drug-likeness (QED) is 0.683. The third kappa shape index (κ3) is 2.11. The molecule has 0 spiro atoms. The van der Waals surface area contributed by atoms with Gasteiger partial charge in [-0.2, -0.15) is 0 Å². The number of carboxylic acids is 1. The summed E-state index contributed by atoms with van der Waals surface area (Å²) in [6.45, 7) is 9.93. The van der Waals surface area contributed by atoms with Crippen molar-refractivity contribution in [2.75, 3.05) is 0 Å². The highest BCUT2D eigenvalue weighted by Gasteiger charge is 2.49. The minimum Gasteiger partial charge on any atom is -0.480 e. The lowest BCUT2D eigenvalue weighted by molar-refractivity contribution is -0.142. The number of carbonyl (C=O) groups is 1. The van der Waals surface area contributed by atoms with Crippen molar-refractivity contribution in [3.63, 3.8) is 0 Å². The third-order valence-corrected chi connectivity index (χ3v) is 6.17. The Morgan fingerprint density at radius 2 is 1.92 bits per heavy atom. The van der Waals surface area contributed by atoms with E-state index in [1.807, 2.05) is 33.5 Å². The summed E-state index contributed by atoms with van der Waals surface area (Å²) < 4.78 is 0. The molecule has 2 atom stereocenters. The van der Waals surface area contributed by atoms with Crippen LogP contribution < -0.4 is 5.73 Å². The summed E-state index contributed by atoms with van der Waals surface area (Å²) in [4.78, 5) is 11.2. The second-order valence-electron chi connectivity index (χ2n) is 4.73. The van der Waals surface area contributed by atoms with E-state index in [9.17, 15) is 9.90 Å². The lowest BCUT2D eigenvalue weighted by Gasteiger charge is -2.40. The molecule has 78 valence electrons. The topological polar surface area (TPSA) is 63.3 Å². The van der Waals surface area contributed by atoms with Crippen LogP contribution in [-0.2, 0) is 4.79 Å². The van der Waals surface area contributed by atoms with Crippen LogP contribution in [0.3, 0.4) is 0 Å². The smallest absolute Gasteiger partial charge is 0.320 e. The van der Waals surface area contributed by atoms with Crippen molar-refractivity contribution in [1.29, 1.82) is 0 Å². The minimum absolute atomic E-state index is 0.0386. The van der Waals surface area contributed by atoms with E-state index in [4.69, 9.17) is 5.73 Å². The van der Waals surface area contributed by atoms with Crippen molar-refractivity contribution < 1.29 is 9.90 Å². The van der Waals surface area contributed by atoms with E-state index in [0.29, 0.717) is 0 Å². The zero-order valence-corrected chi connectivity index (χ0v) is 10.2. The molecule has 0 amide bonds. The van der Waals surface area contributed by atoms with Gasteiger partial charge in [-0.25, -0.2) is 0 Å². The largest absolute Gasteiger partial charge is 0.480 e. The monoisotopic (exact) mass is 203 g/mol. The summed E-state index contributed by atoms with van der Waals surface area (Å²) in [5.41, 5.74) is 6.03. The summed E-state index contributed by atoms with van der Waals surface area (Å²) in [7, 11) is -1.88. The molecular weight excluding hydrogens is 182 g/mol. The number of hydrogen-bond donors (Lipinski definition) is 2. The molecule has 3 nitrogen and oxygen atoms in total. The van der Waals surface area contributed by atoms with E-state index < -0.39 is 19.2 Å². The molecule has 0 aromatic rings. The Bertz CT molecular complexity index is 200. The molecule has 0 radical (unpaired) electrons. The highest BCUT2D eigenvalue weighted by Crippen LogP contribution is 2.28. The van der Waals surface area contributed by atoms with Crippen molar-refractivity contribution in [3.05, 3.63) is 0 Å². The van der Waals surface area contributed by atoms with E-state index in [1.165, 1.54) is 0 Å². The lowest BCUT2D eigenvalue weighted by Crippen LogP contribution is -2.68. The Labute approximate surface area is 81.3 Å². The second kappa shape index (κ2) is 3.80. The molecule has 0 saturated heterocycles. The number of aliphatic carboxylic acids is 1. The Balaban J connectivity index is 5.08. The first-order chi connectivity index (χ1) is 5.67. The van der Waals surface area contributed by atoms with Crippen LogP contribution >= 0.6 is 0 Å². The van der Waals surface area contributed by atoms with E-state index in [-0.39, 0.29) is 5.92 Å². The molecule has 0 saturated carbocycles. The Morgan fingerprint density at radius 1 is 1.54 bits per heavy atom. The molecule has 0 aromatic heterocycles. The average Bonchev–Trinajstić information content (AvgIpc) is 1.98. The van der Waals surface area contributed by atoms with Gasteiger partial charge in [0.15, 0.2) is 0 Å². The Kier molecular flexibility index (Phi) is 3.69. The van der Waals surface area contributed by atoms with E-state index >= 15 is 0 Å². The highest BCUT2D eigenvalue weighted by molar-refractivity contribution is 6.82. The van der Waals surface area contributed by atoms with Gasteiger partial charge in [-0.1, -0.05) is 39.9 Å². The fraction of sp³-hybridized carbons (Fsp3) is 0.889. The normalized spacial score (nSPS) is 19.2. The number of carboxylic acid groups (broad SMARTS) is 1. The molecular formula is C9H21NO2Si. The Hall–Kier alpha value is -0.353. The third-order valence-electron chi connectivity index (χ3n) is 2.98. The predicted molar refractivity (Wildman–Crippen MR) is 57.4 cm³/mol. The maximum absolute atomic E-state index is 11.2. The summed E-state index contributed by atoms with van der Waals surface area (Å²) in [6.07, 6.45) is 0.813. The molecule has 0 aromatic carbocycles. The van der Waals surface area contributed by atoms with E-state index in [1.54, 1.807) is 0 Å². The molecule has 0 unspecified atom stereocenters. The second-order valence-corrected chi connectivity index (χ2v) is 10.1. The first-order valence-electron chi connectivity index (χ1n) is 4.70. The van der Waals surface area contributed by atoms with Crippen LogP contribution in [-0.4, -0.2) is 24.3 Å². The zero-order valence-electron chi connectivity index (χ0n) is 9.22. The van der Waals surface area contributed by atoms with E-state index in [0.717, 1.165) is 6.42 Å². The lowest BCUT2D eigenvalue weighted by atomic mass is 9.99. The molecule has 0 rings (SSSR count). The summed E-state index contributed by atoms with van der Waals surface area (Å²) in [6, 6.07) is 0. The molecule has 0 aliphatic carbocycles. The van der Waals surface area contributed by atoms with Crippen LogP contribution in [0.15, 0.2) is 0 Å². The molecule has 13 heavy (non-hydrogen) atoms. The van der Waals surface area contributed by atoms with Crippen LogP contribution in [0.25, 0.3) is 0 Å². The van der Waals surface area contributed by atoms with Crippen molar-refractivity contribution in [1.82, 2.24) is 0 Å². The first-order valence-corrected chi connectivity index (χ1v) is 8.20. The SMILES string of the molecule is CC[C@H](C)[C@](N)(C(=O)O)[Si](C)(C)C. The Morgan fingerprint density at radius 3 is 2.00 bits per heavy atom. The first kappa shape index (κ1) is 12.6. The maximum atomic E-state index is 11.2. The minimum atomic E-state index is -1.88. The van der Waals surface area contributed by atoms with Gasteiger partial charge in [-0.05, 0) is 5.92 Å². The standard InChI is InChI=1S/C9H21NO2Si/c1-6-7(2)9(10,8(11)12)13(3,4)5/h7H,6,10H2,1-5H3,(H,11,12)/t7-,9+/m0/s1. The van der Waals surface area contributed by atoms with Crippen LogP contribution in [0.1, 0.15) is 20.3 Å². The van der Waals surface area contributed by atoms with Gasteiger partial charge in [0.25, 0.3) is 0 Å². The zero-order chi connectivity index (χ0) is 10.9. The van der Waals surface area contributed by atoms with Crippen LogP contribution in [0.2, 0.25) is 19.6 Å². The number of rotatable bonds is 4. The van der Waals surface area contributed by atoms with Gasteiger partial charge in [0, 0.05) is 0 Å². The van der Waals surface area contributed by atoms with Crippen molar-refractivity contribution in [2.45, 2.75) is 45.1 Å². The van der Waals surface area contributed by atoms with Crippen LogP contribution in [0, 0.1) is 5.92 Å². The molecule has 3 N–H and O–H groups in total. The van der Waals surface area contributed by atoms with Crippen LogP contribution in [0.5, 0.6) is 0 Å². The molecule has 4 heteroatoms. The fourth-order valence-corrected chi connectivity index (χ4v) is 3.92. The molecule has 0 aliphatic heterocycles. The fourth-order valence-electron chi connectivity index (χ4n) is 1.59. The van der Waals surface area contributed by atoms with Crippen LogP contribution in [0.4, 0.5) is 0 Å². The highest BCUT2D eigenvalue weighted by atomic mass is 28.3. The molecule has 0 fully saturated rings. The van der Waals surface area contributed by atoms with Gasteiger partial charge in [0.05, 0.1) is 8.07 Å². The maximum Gasteiger partial charge on any atom is 0.320 e. The van der Waals surface area contributed by atoms with Crippen molar-refractivity contribution >= 4 is 14.0 Å². The summed E-state index contributed by atoms with van der Waals surface area (Å²) in [5.74, 6) is -0.808. The van der Waals surface area contributed by atoms with Gasteiger partial charge in [-0.15, -0.1) is 0 Å². The van der Waals surface area contributed by atoms with Crippen molar-refractivity contribution in [3.8, 4) is 0 Å². The summed E-state index contributed by atoms with van der Waals surface area (Å²) in [5, 5.41) is 8.18. The average molecular weight is 203 g/mol. The van der Waals surface area contributed by atoms with Gasteiger partial charge in [0.2, 0.25) is 0 Å².